The Bertz CT molecular complexity index is 2060. The first-order valence-corrected chi connectivity index (χ1v) is 16.6. The number of benzene rings is 3. The third-order valence-electron chi connectivity index (χ3n) is 7.73. The zero-order valence-electron chi connectivity index (χ0n) is 26.1. The molecule has 0 aliphatic carbocycles. The van der Waals surface area contributed by atoms with E-state index < -0.39 is 28.1 Å². The summed E-state index contributed by atoms with van der Waals surface area (Å²) in [5, 5.41) is 2.49. The van der Waals surface area contributed by atoms with Crippen LogP contribution >= 0.6 is 0 Å². The number of anilines is 1. The van der Waals surface area contributed by atoms with Gasteiger partial charge in [0.1, 0.15) is 11.3 Å². The van der Waals surface area contributed by atoms with Crippen LogP contribution in [-0.4, -0.2) is 44.1 Å². The standard InChI is InChI=1S/C35H32F3N3O5S/c1-5-29(42)31-27-18-26(23-9-7-10-24(17-23)34(43)40-33(35(36,37)38)25-11-8-16-39-20-25)28(41(6-2)47(4,44)45)19-30(27)46-32(31)22-14-12-21(3)13-15-22/h7-20,33H,5-6H2,1-4H3,(H,40,43). The fourth-order valence-corrected chi connectivity index (χ4v) is 6.44. The van der Waals surface area contributed by atoms with Crippen LogP contribution in [0.4, 0.5) is 18.9 Å². The molecule has 0 spiro atoms. The van der Waals surface area contributed by atoms with Gasteiger partial charge in [0, 0.05) is 59.1 Å². The molecular formula is C35H32F3N3O5S. The Kier molecular flexibility index (Phi) is 9.26. The van der Waals surface area contributed by atoms with Gasteiger partial charge in [0.25, 0.3) is 5.91 Å². The van der Waals surface area contributed by atoms with Gasteiger partial charge in [-0.05, 0) is 43.7 Å². The Labute approximate surface area is 270 Å². The molecule has 0 radical (unpaired) electrons. The average molecular weight is 664 g/mol. The number of fused-ring (bicyclic) bond motifs is 1. The summed E-state index contributed by atoms with van der Waals surface area (Å²) < 4.78 is 75.3. The van der Waals surface area contributed by atoms with E-state index in [1.807, 2.05) is 31.2 Å². The number of hydrogen-bond donors (Lipinski definition) is 1. The number of amides is 1. The van der Waals surface area contributed by atoms with E-state index in [4.69, 9.17) is 4.42 Å². The molecule has 0 fully saturated rings. The third kappa shape index (κ3) is 6.92. The SMILES string of the molecule is CCC(=O)c1c(-c2ccc(C)cc2)oc2cc(N(CC)S(C)(=O)=O)c(-c3cccc(C(=O)NC(c4cccnc4)C(F)(F)F)c3)cc12. The van der Waals surface area contributed by atoms with Crippen molar-refractivity contribution in [2.24, 2.45) is 0 Å². The van der Waals surface area contributed by atoms with Crippen LogP contribution in [0.5, 0.6) is 0 Å². The number of carbonyl (C=O) groups is 2. The molecule has 0 saturated heterocycles. The normalized spacial score (nSPS) is 12.6. The van der Waals surface area contributed by atoms with E-state index >= 15 is 0 Å². The van der Waals surface area contributed by atoms with Gasteiger partial charge in [-0.2, -0.15) is 13.2 Å². The average Bonchev–Trinajstić information content (AvgIpc) is 3.41. The van der Waals surface area contributed by atoms with Crippen molar-refractivity contribution in [1.29, 1.82) is 0 Å². The highest BCUT2D eigenvalue weighted by Crippen LogP contribution is 2.42. The Morgan fingerprint density at radius 3 is 2.30 bits per heavy atom. The molecule has 244 valence electrons. The predicted molar refractivity (Wildman–Crippen MR) is 175 cm³/mol. The van der Waals surface area contributed by atoms with Gasteiger partial charge in [0.2, 0.25) is 10.0 Å². The molecule has 5 aromatic rings. The number of ketones is 1. The molecule has 1 unspecified atom stereocenters. The van der Waals surface area contributed by atoms with Crippen LogP contribution in [0.25, 0.3) is 33.4 Å². The maximum atomic E-state index is 14.0. The van der Waals surface area contributed by atoms with Gasteiger partial charge in [0.15, 0.2) is 11.8 Å². The van der Waals surface area contributed by atoms with E-state index in [2.05, 4.69) is 10.3 Å². The second-order valence-corrected chi connectivity index (χ2v) is 13.0. The topological polar surface area (TPSA) is 110 Å². The maximum absolute atomic E-state index is 14.0. The molecule has 12 heteroatoms. The quantitative estimate of drug-likeness (QED) is 0.152. The van der Waals surface area contributed by atoms with Crippen molar-refractivity contribution in [2.45, 2.75) is 39.4 Å². The van der Waals surface area contributed by atoms with Gasteiger partial charge < -0.3 is 9.73 Å². The number of rotatable bonds is 10. The third-order valence-corrected chi connectivity index (χ3v) is 8.99. The van der Waals surface area contributed by atoms with E-state index in [1.54, 1.807) is 26.0 Å². The van der Waals surface area contributed by atoms with Gasteiger partial charge in [-0.25, -0.2) is 8.42 Å². The Morgan fingerprint density at radius 1 is 0.979 bits per heavy atom. The van der Waals surface area contributed by atoms with E-state index in [-0.39, 0.29) is 41.1 Å². The minimum absolute atomic E-state index is 0.0438. The largest absolute Gasteiger partial charge is 0.455 e. The molecule has 1 N–H and O–H groups in total. The first-order chi connectivity index (χ1) is 22.2. The number of nitrogens with one attached hydrogen (secondary N) is 1. The number of Topliss-reactive ketones (excluding diaryl/α,β-unsaturated/α-hetero) is 1. The van der Waals surface area contributed by atoms with E-state index in [1.165, 1.54) is 42.6 Å². The zero-order chi connectivity index (χ0) is 34.1. The zero-order valence-corrected chi connectivity index (χ0v) is 26.9. The summed E-state index contributed by atoms with van der Waals surface area (Å²) in [6.45, 7) is 5.35. The number of alkyl halides is 3. The highest BCUT2D eigenvalue weighted by molar-refractivity contribution is 7.92. The second-order valence-electron chi connectivity index (χ2n) is 11.1. The molecule has 2 heterocycles. The maximum Gasteiger partial charge on any atom is 0.412 e. The monoisotopic (exact) mass is 663 g/mol. The van der Waals surface area contributed by atoms with E-state index in [9.17, 15) is 31.2 Å². The molecule has 1 atom stereocenters. The van der Waals surface area contributed by atoms with Gasteiger partial charge >= 0.3 is 6.18 Å². The highest BCUT2D eigenvalue weighted by atomic mass is 32.2. The summed E-state index contributed by atoms with van der Waals surface area (Å²) in [5.74, 6) is -0.864. The van der Waals surface area contributed by atoms with Gasteiger partial charge in [-0.15, -0.1) is 0 Å². The number of halogens is 3. The van der Waals surface area contributed by atoms with Crippen LogP contribution in [0, 0.1) is 6.92 Å². The lowest BCUT2D eigenvalue weighted by Gasteiger charge is -2.24. The fourth-order valence-electron chi connectivity index (χ4n) is 5.46. The van der Waals surface area contributed by atoms with Crippen LogP contribution in [0.2, 0.25) is 0 Å². The number of nitrogens with zero attached hydrogens (tertiary/aromatic N) is 2. The number of furan rings is 1. The molecule has 8 nitrogen and oxygen atoms in total. The number of hydrogen-bond acceptors (Lipinski definition) is 6. The molecule has 1 amide bonds. The van der Waals surface area contributed by atoms with Crippen molar-refractivity contribution in [3.8, 4) is 22.5 Å². The van der Waals surface area contributed by atoms with E-state index in [0.29, 0.717) is 33.4 Å². The summed E-state index contributed by atoms with van der Waals surface area (Å²) in [7, 11) is -3.82. The molecule has 2 aromatic heterocycles. The molecule has 0 bridgehead atoms. The fraction of sp³-hybridized carbons (Fsp3) is 0.229. The molecule has 47 heavy (non-hydrogen) atoms. The van der Waals surface area contributed by atoms with Crippen molar-refractivity contribution in [3.63, 3.8) is 0 Å². The molecule has 5 rings (SSSR count). The summed E-state index contributed by atoms with van der Waals surface area (Å²) >= 11 is 0. The van der Waals surface area contributed by atoms with Crippen LogP contribution in [0.3, 0.4) is 0 Å². The molecule has 0 aliphatic heterocycles. The Morgan fingerprint density at radius 2 is 1.70 bits per heavy atom. The van der Waals surface area contributed by atoms with E-state index in [0.717, 1.165) is 22.3 Å². The summed E-state index contributed by atoms with van der Waals surface area (Å²) in [5.41, 5.74) is 2.83. The van der Waals surface area contributed by atoms with Crippen molar-refractivity contribution in [2.75, 3.05) is 17.1 Å². The number of sulfonamides is 1. The van der Waals surface area contributed by atoms with Crippen molar-refractivity contribution < 1.29 is 35.6 Å². The molecule has 0 saturated carbocycles. The van der Waals surface area contributed by atoms with Crippen LogP contribution in [-0.2, 0) is 10.0 Å². The lowest BCUT2D eigenvalue weighted by molar-refractivity contribution is -0.155. The van der Waals surface area contributed by atoms with Gasteiger partial charge in [-0.1, -0.05) is 55.0 Å². The minimum Gasteiger partial charge on any atom is -0.455 e. The molecule has 0 aliphatic rings. The second kappa shape index (κ2) is 13.0. The van der Waals surface area contributed by atoms with Crippen molar-refractivity contribution in [3.05, 3.63) is 107 Å². The minimum atomic E-state index is -4.80. The number of aryl methyl sites for hydroxylation is 1. The smallest absolute Gasteiger partial charge is 0.412 e. The molecule has 3 aromatic carbocycles. The molecular weight excluding hydrogens is 631 g/mol. The lowest BCUT2D eigenvalue weighted by Crippen LogP contribution is -2.38. The lowest BCUT2D eigenvalue weighted by atomic mass is 9.95. The van der Waals surface area contributed by atoms with Crippen molar-refractivity contribution >= 4 is 38.4 Å². The van der Waals surface area contributed by atoms with Crippen molar-refractivity contribution in [1.82, 2.24) is 10.3 Å². The number of aromatic nitrogens is 1. The first kappa shape index (κ1) is 33.4. The van der Waals surface area contributed by atoms with Crippen LogP contribution in [0.15, 0.2) is 89.6 Å². The number of carbonyl (C=O) groups excluding carboxylic acids is 2. The van der Waals surface area contributed by atoms with Crippen LogP contribution < -0.4 is 9.62 Å². The number of pyridine rings is 1. The predicted octanol–water partition coefficient (Wildman–Crippen LogP) is 7.88. The summed E-state index contributed by atoms with van der Waals surface area (Å²) in [6.07, 6.45) is -1.22. The first-order valence-electron chi connectivity index (χ1n) is 14.8. The summed E-state index contributed by atoms with van der Waals surface area (Å²) in [4.78, 5) is 30.4. The Balaban J connectivity index is 1.70. The van der Waals surface area contributed by atoms with Crippen LogP contribution in [0.1, 0.15) is 58.2 Å². The summed E-state index contributed by atoms with van der Waals surface area (Å²) in [6, 6.07) is 16.7. The highest BCUT2D eigenvalue weighted by Gasteiger charge is 2.42. The van der Waals surface area contributed by atoms with Gasteiger partial charge in [-0.3, -0.25) is 18.9 Å². The Hall–Kier alpha value is -4.97. The van der Waals surface area contributed by atoms with Gasteiger partial charge in [0.05, 0.1) is 17.5 Å².